The predicted molar refractivity (Wildman–Crippen MR) is 114 cm³/mol. The van der Waals surface area contributed by atoms with Crippen molar-refractivity contribution in [2.24, 2.45) is 0 Å². The normalized spacial score (nSPS) is 17.2. The summed E-state index contributed by atoms with van der Waals surface area (Å²) in [5.74, 6) is 0.0236. The number of benzene rings is 1. The van der Waals surface area contributed by atoms with E-state index in [2.05, 4.69) is 4.98 Å². The van der Waals surface area contributed by atoms with Crippen LogP contribution in [0.2, 0.25) is 0 Å². The maximum absolute atomic E-state index is 13.2. The molecule has 0 aliphatic carbocycles. The minimum atomic E-state index is -0.576. The van der Waals surface area contributed by atoms with E-state index in [0.29, 0.717) is 48.0 Å². The third-order valence-electron chi connectivity index (χ3n) is 5.42. The van der Waals surface area contributed by atoms with Crippen molar-refractivity contribution in [2.75, 3.05) is 33.9 Å². The molecule has 0 saturated carbocycles. The molecule has 1 N–H and O–H groups in total. The number of Topliss-reactive ketones (excluding diaryl/α,β-unsaturated/α-hetero) is 1. The number of carbonyl (C=O) groups excluding carboxylic acids is 2. The van der Waals surface area contributed by atoms with Crippen molar-refractivity contribution in [3.05, 3.63) is 47.3 Å². The highest BCUT2D eigenvalue weighted by Gasteiger charge is 2.30. The molecule has 1 aromatic heterocycles. The van der Waals surface area contributed by atoms with Crippen LogP contribution in [0.3, 0.4) is 0 Å². The molecular formula is C23H28N2O6. The maximum Gasteiger partial charge on any atom is 0.223 e. The van der Waals surface area contributed by atoms with Gasteiger partial charge in [0.15, 0.2) is 5.78 Å². The van der Waals surface area contributed by atoms with E-state index < -0.39 is 5.92 Å². The molecule has 31 heavy (non-hydrogen) atoms. The van der Waals surface area contributed by atoms with Gasteiger partial charge in [0.1, 0.15) is 17.2 Å². The van der Waals surface area contributed by atoms with Gasteiger partial charge in [0, 0.05) is 60.6 Å². The third kappa shape index (κ3) is 5.14. The highest BCUT2D eigenvalue weighted by molar-refractivity contribution is 5.93. The first-order chi connectivity index (χ1) is 14.8. The van der Waals surface area contributed by atoms with Gasteiger partial charge in [0.05, 0.1) is 26.9 Å². The summed E-state index contributed by atoms with van der Waals surface area (Å²) in [4.78, 5) is 31.0. The van der Waals surface area contributed by atoms with Gasteiger partial charge in [-0.3, -0.25) is 14.6 Å². The van der Waals surface area contributed by atoms with E-state index in [9.17, 15) is 14.7 Å². The van der Waals surface area contributed by atoms with Crippen molar-refractivity contribution in [2.45, 2.75) is 32.3 Å². The van der Waals surface area contributed by atoms with Crippen LogP contribution in [-0.4, -0.2) is 66.7 Å². The molecule has 8 nitrogen and oxygen atoms in total. The van der Waals surface area contributed by atoms with Crippen molar-refractivity contribution in [3.63, 3.8) is 0 Å². The van der Waals surface area contributed by atoms with Crippen LogP contribution >= 0.6 is 0 Å². The number of aromatic hydroxyl groups is 1. The van der Waals surface area contributed by atoms with Gasteiger partial charge in [-0.1, -0.05) is 0 Å². The predicted octanol–water partition coefficient (Wildman–Crippen LogP) is 2.78. The van der Waals surface area contributed by atoms with Crippen LogP contribution in [0.4, 0.5) is 0 Å². The molecule has 0 bridgehead atoms. The number of phenolic OH excluding ortho intramolecular Hbond substituents is 1. The highest BCUT2D eigenvalue weighted by Crippen LogP contribution is 2.42. The van der Waals surface area contributed by atoms with E-state index in [0.717, 1.165) is 0 Å². The minimum Gasteiger partial charge on any atom is -0.507 e. The first-order valence-electron chi connectivity index (χ1n) is 10.1. The molecule has 1 aliphatic heterocycles. The van der Waals surface area contributed by atoms with Crippen molar-refractivity contribution < 1.29 is 28.9 Å². The number of hydrogen-bond donors (Lipinski definition) is 1. The standard InChI is InChI=1S/C23H28N2O6/c1-14-13-25(7-8-31-14)22(28)11-18(19-6-5-16(12-24-19)15(2)26)23-20(27)9-17(29-3)10-21(23)30-4/h5-6,9-10,12,14,18,27H,7-8,11,13H2,1-4H3. The average molecular weight is 428 g/mol. The number of pyridine rings is 1. The lowest BCUT2D eigenvalue weighted by molar-refractivity contribution is -0.138. The number of amides is 1. The molecule has 8 heteroatoms. The average Bonchev–Trinajstić information content (AvgIpc) is 2.77. The Morgan fingerprint density at radius 1 is 1.29 bits per heavy atom. The first kappa shape index (κ1) is 22.6. The van der Waals surface area contributed by atoms with E-state index in [-0.39, 0.29) is 30.0 Å². The molecule has 2 heterocycles. The lowest BCUT2D eigenvalue weighted by Gasteiger charge is -2.32. The zero-order valence-electron chi connectivity index (χ0n) is 18.3. The number of carbonyl (C=O) groups is 2. The fourth-order valence-electron chi connectivity index (χ4n) is 3.75. The lowest BCUT2D eigenvalue weighted by atomic mass is 9.89. The zero-order valence-corrected chi connectivity index (χ0v) is 18.3. The van der Waals surface area contributed by atoms with Crippen molar-refractivity contribution in [3.8, 4) is 17.2 Å². The Labute approximate surface area is 181 Å². The van der Waals surface area contributed by atoms with E-state index in [1.165, 1.54) is 33.4 Å². The van der Waals surface area contributed by atoms with Gasteiger partial charge in [-0.25, -0.2) is 0 Å². The topological polar surface area (TPSA) is 98.2 Å². The van der Waals surface area contributed by atoms with Crippen molar-refractivity contribution in [1.29, 1.82) is 0 Å². The second kappa shape index (κ2) is 9.78. The summed E-state index contributed by atoms with van der Waals surface area (Å²) >= 11 is 0. The van der Waals surface area contributed by atoms with Gasteiger partial charge in [-0.05, 0) is 26.0 Å². The fraction of sp³-hybridized carbons (Fsp3) is 0.435. The number of ether oxygens (including phenoxy) is 3. The van der Waals surface area contributed by atoms with Crippen LogP contribution in [0, 0.1) is 0 Å². The molecule has 1 amide bonds. The Bertz CT molecular complexity index is 944. The van der Waals surface area contributed by atoms with Crippen LogP contribution in [0.25, 0.3) is 0 Å². The number of nitrogens with zero attached hydrogens (tertiary/aromatic N) is 2. The SMILES string of the molecule is COc1cc(O)c(C(CC(=O)N2CCOC(C)C2)c2ccc(C(C)=O)cn2)c(OC)c1. The number of ketones is 1. The Balaban J connectivity index is 2.02. The molecule has 2 atom stereocenters. The summed E-state index contributed by atoms with van der Waals surface area (Å²) in [6.45, 7) is 4.90. The van der Waals surface area contributed by atoms with Crippen LogP contribution < -0.4 is 9.47 Å². The first-order valence-corrected chi connectivity index (χ1v) is 10.1. The molecule has 1 saturated heterocycles. The number of morpholine rings is 1. The summed E-state index contributed by atoms with van der Waals surface area (Å²) in [5.41, 5.74) is 1.47. The molecule has 0 spiro atoms. The number of hydrogen-bond acceptors (Lipinski definition) is 7. The van der Waals surface area contributed by atoms with Gasteiger partial charge in [0.2, 0.25) is 5.91 Å². The van der Waals surface area contributed by atoms with E-state index in [1.54, 1.807) is 23.1 Å². The Morgan fingerprint density at radius 3 is 2.65 bits per heavy atom. The minimum absolute atomic E-state index is 0.0342. The summed E-state index contributed by atoms with van der Waals surface area (Å²) in [5, 5.41) is 10.8. The molecule has 3 rings (SSSR count). The maximum atomic E-state index is 13.2. The zero-order chi connectivity index (χ0) is 22.5. The van der Waals surface area contributed by atoms with Gasteiger partial charge < -0.3 is 24.2 Å². The van der Waals surface area contributed by atoms with Gasteiger partial charge in [-0.15, -0.1) is 0 Å². The van der Waals surface area contributed by atoms with E-state index in [1.807, 2.05) is 6.92 Å². The molecule has 166 valence electrons. The highest BCUT2D eigenvalue weighted by atomic mass is 16.5. The summed E-state index contributed by atoms with van der Waals surface area (Å²) < 4.78 is 16.3. The summed E-state index contributed by atoms with van der Waals surface area (Å²) in [6, 6.07) is 6.52. The number of methoxy groups -OCH3 is 2. The Morgan fingerprint density at radius 2 is 2.06 bits per heavy atom. The van der Waals surface area contributed by atoms with Gasteiger partial charge >= 0.3 is 0 Å². The lowest BCUT2D eigenvalue weighted by Crippen LogP contribution is -2.45. The van der Waals surface area contributed by atoms with Crippen LogP contribution in [0.1, 0.15) is 47.8 Å². The molecule has 1 aliphatic rings. The molecular weight excluding hydrogens is 400 g/mol. The quantitative estimate of drug-likeness (QED) is 0.677. The molecule has 0 radical (unpaired) electrons. The smallest absolute Gasteiger partial charge is 0.223 e. The number of rotatable bonds is 7. The molecule has 1 fully saturated rings. The van der Waals surface area contributed by atoms with E-state index >= 15 is 0 Å². The molecule has 1 aromatic carbocycles. The monoisotopic (exact) mass is 428 g/mol. The van der Waals surface area contributed by atoms with Crippen LogP contribution in [0.5, 0.6) is 17.2 Å². The second-order valence-electron chi connectivity index (χ2n) is 7.57. The Hall–Kier alpha value is -3.13. The van der Waals surface area contributed by atoms with Gasteiger partial charge in [-0.2, -0.15) is 0 Å². The van der Waals surface area contributed by atoms with Crippen LogP contribution in [0.15, 0.2) is 30.5 Å². The third-order valence-corrected chi connectivity index (χ3v) is 5.42. The summed E-state index contributed by atoms with van der Waals surface area (Å²) in [6.07, 6.45) is 1.53. The Kier molecular flexibility index (Phi) is 7.12. The second-order valence-corrected chi connectivity index (χ2v) is 7.57. The van der Waals surface area contributed by atoms with Gasteiger partial charge in [0.25, 0.3) is 0 Å². The molecule has 2 aromatic rings. The largest absolute Gasteiger partial charge is 0.507 e. The van der Waals surface area contributed by atoms with Crippen molar-refractivity contribution in [1.82, 2.24) is 9.88 Å². The fourth-order valence-corrected chi connectivity index (χ4v) is 3.75. The summed E-state index contributed by atoms with van der Waals surface area (Å²) in [7, 11) is 2.99. The van der Waals surface area contributed by atoms with Crippen LogP contribution in [-0.2, 0) is 9.53 Å². The number of aromatic nitrogens is 1. The van der Waals surface area contributed by atoms with Crippen molar-refractivity contribution >= 4 is 11.7 Å². The number of phenols is 1. The molecule has 2 unspecified atom stereocenters. The van der Waals surface area contributed by atoms with E-state index in [4.69, 9.17) is 14.2 Å².